The van der Waals surface area contributed by atoms with Gasteiger partial charge in [-0.05, 0) is 62.5 Å². The van der Waals surface area contributed by atoms with Gasteiger partial charge in [-0.15, -0.1) is 11.3 Å². The van der Waals surface area contributed by atoms with Gasteiger partial charge in [-0.3, -0.25) is 14.4 Å². The summed E-state index contributed by atoms with van der Waals surface area (Å²) in [6, 6.07) is 4.31. The van der Waals surface area contributed by atoms with E-state index < -0.39 is 23.1 Å². The van der Waals surface area contributed by atoms with E-state index in [2.05, 4.69) is 4.98 Å². The lowest BCUT2D eigenvalue weighted by molar-refractivity contribution is -0.137. The summed E-state index contributed by atoms with van der Waals surface area (Å²) >= 11 is 1.27. The van der Waals surface area contributed by atoms with Gasteiger partial charge in [0.2, 0.25) is 5.91 Å². The molecule has 2 aliphatic heterocycles. The monoisotopic (exact) mass is 607 g/mol. The zero-order chi connectivity index (χ0) is 29.9. The highest BCUT2D eigenvalue weighted by molar-refractivity contribution is 7.13. The van der Waals surface area contributed by atoms with Crippen LogP contribution in [0.5, 0.6) is 0 Å². The fourth-order valence-corrected chi connectivity index (χ4v) is 7.27. The summed E-state index contributed by atoms with van der Waals surface area (Å²) in [5, 5.41) is 11.8. The smallest absolute Gasteiger partial charge is 0.384 e. The molecule has 2 saturated heterocycles. The number of ketones is 1. The number of ether oxygens (including phenoxy) is 1. The van der Waals surface area contributed by atoms with Gasteiger partial charge in [-0.1, -0.05) is 12.1 Å². The number of aliphatic hydroxyl groups is 1. The first-order chi connectivity index (χ1) is 20.0. The highest BCUT2D eigenvalue weighted by Crippen LogP contribution is 2.44. The molecule has 1 atom stereocenters. The molecule has 3 fully saturated rings. The Morgan fingerprint density at radius 3 is 2.48 bits per heavy atom. The molecule has 3 aliphatic rings. The van der Waals surface area contributed by atoms with Crippen molar-refractivity contribution in [2.75, 3.05) is 39.4 Å². The van der Waals surface area contributed by atoms with Gasteiger partial charge >= 0.3 is 6.18 Å². The summed E-state index contributed by atoms with van der Waals surface area (Å²) in [5.74, 6) is 0.0229. The van der Waals surface area contributed by atoms with Gasteiger partial charge in [0.15, 0.2) is 10.8 Å². The minimum Gasteiger partial charge on any atom is -0.384 e. The van der Waals surface area contributed by atoms with Gasteiger partial charge in [-0.2, -0.15) is 13.2 Å². The van der Waals surface area contributed by atoms with Crippen LogP contribution in [0.2, 0.25) is 0 Å². The molecule has 2 amide bonds. The van der Waals surface area contributed by atoms with Crippen molar-refractivity contribution < 1.29 is 37.4 Å². The predicted octanol–water partition coefficient (Wildman–Crippen LogP) is 4.91. The van der Waals surface area contributed by atoms with Crippen molar-refractivity contribution >= 4 is 28.9 Å². The number of nitrogens with zero attached hydrogens (tertiary/aromatic N) is 3. The number of amides is 2. The lowest BCUT2D eigenvalue weighted by Crippen LogP contribution is -2.40. The number of morpholine rings is 1. The minimum absolute atomic E-state index is 0.0247. The van der Waals surface area contributed by atoms with E-state index in [0.717, 1.165) is 42.7 Å². The molecule has 1 saturated carbocycles. The Balaban J connectivity index is 1.05. The molecule has 1 aliphatic carbocycles. The van der Waals surface area contributed by atoms with Gasteiger partial charge in [0, 0.05) is 50.8 Å². The van der Waals surface area contributed by atoms with Crippen LogP contribution in [0.1, 0.15) is 82.0 Å². The highest BCUT2D eigenvalue weighted by Gasteiger charge is 2.39. The Kier molecular flexibility index (Phi) is 9.34. The summed E-state index contributed by atoms with van der Waals surface area (Å²) in [6.07, 6.45) is 1.66. The molecule has 0 spiro atoms. The number of rotatable bonds is 8. The van der Waals surface area contributed by atoms with Crippen molar-refractivity contribution in [1.82, 2.24) is 14.8 Å². The summed E-state index contributed by atoms with van der Waals surface area (Å²) in [6.45, 7) is 3.35. The first kappa shape index (κ1) is 30.6. The van der Waals surface area contributed by atoms with Crippen molar-refractivity contribution in [3.05, 3.63) is 51.5 Å². The van der Waals surface area contributed by atoms with Crippen molar-refractivity contribution in [3.63, 3.8) is 0 Å². The molecule has 8 nitrogen and oxygen atoms in total. The van der Waals surface area contributed by atoms with Crippen molar-refractivity contribution in [2.24, 2.45) is 11.8 Å². The van der Waals surface area contributed by atoms with Crippen molar-refractivity contribution in [3.8, 4) is 0 Å². The summed E-state index contributed by atoms with van der Waals surface area (Å²) in [5.41, 5.74) is -1.90. The molecule has 228 valence electrons. The molecule has 2 aromatic rings. The van der Waals surface area contributed by atoms with Crippen LogP contribution >= 0.6 is 11.3 Å². The second-order valence-electron chi connectivity index (χ2n) is 11.6. The van der Waals surface area contributed by atoms with Gasteiger partial charge in [0.25, 0.3) is 5.91 Å². The number of aromatic nitrogens is 1. The second-order valence-corrected chi connectivity index (χ2v) is 12.7. The van der Waals surface area contributed by atoms with Crippen molar-refractivity contribution in [2.45, 2.75) is 63.1 Å². The second kappa shape index (κ2) is 12.8. The number of carbonyl (C=O) groups is 3. The van der Waals surface area contributed by atoms with Crippen LogP contribution in [-0.4, -0.2) is 76.9 Å². The maximum Gasteiger partial charge on any atom is 0.416 e. The molecule has 5 rings (SSSR count). The average Bonchev–Trinajstić information content (AvgIpc) is 3.68. The Morgan fingerprint density at radius 2 is 1.76 bits per heavy atom. The van der Waals surface area contributed by atoms with E-state index in [-0.39, 0.29) is 30.2 Å². The molecule has 3 heterocycles. The maximum absolute atomic E-state index is 13.0. The first-order valence-electron chi connectivity index (χ1n) is 14.6. The lowest BCUT2D eigenvalue weighted by atomic mass is 9.75. The SMILES string of the molecule is O=C(CCC(=O)N1CC[C@H](CC2CCC(O)(c3cnc(C(=O)N4CCOCC4)s3)CC2)C1)c1cccc(C(F)(F)F)c1. The third-order valence-electron chi connectivity index (χ3n) is 8.76. The molecular weight excluding hydrogens is 571 g/mol. The van der Waals surface area contributed by atoms with Gasteiger partial charge in [0.1, 0.15) is 5.60 Å². The highest BCUT2D eigenvalue weighted by atomic mass is 32.1. The van der Waals surface area contributed by atoms with Crippen LogP contribution in [0.4, 0.5) is 13.2 Å². The van der Waals surface area contributed by atoms with E-state index in [1.165, 1.54) is 23.5 Å². The minimum atomic E-state index is -4.53. The van der Waals surface area contributed by atoms with E-state index in [1.54, 1.807) is 16.0 Å². The number of hydrogen-bond donors (Lipinski definition) is 1. The fourth-order valence-electron chi connectivity index (χ4n) is 6.24. The van der Waals surface area contributed by atoms with Crippen LogP contribution in [0.15, 0.2) is 30.5 Å². The van der Waals surface area contributed by atoms with E-state index in [0.29, 0.717) is 69.1 Å². The molecule has 0 bridgehead atoms. The molecule has 1 aromatic carbocycles. The quantitative estimate of drug-likeness (QED) is 0.428. The number of carbonyl (C=O) groups excluding carboxylic acids is 3. The molecule has 1 aromatic heterocycles. The van der Waals surface area contributed by atoms with Crippen LogP contribution in [0.3, 0.4) is 0 Å². The predicted molar refractivity (Wildman–Crippen MR) is 149 cm³/mol. The number of thiazole rings is 1. The number of benzene rings is 1. The summed E-state index contributed by atoms with van der Waals surface area (Å²) in [4.78, 5) is 46.5. The Bertz CT molecular complexity index is 1280. The molecule has 42 heavy (non-hydrogen) atoms. The number of Topliss-reactive ketones (excluding diaryl/α,β-unsaturated/α-hetero) is 1. The van der Waals surface area contributed by atoms with E-state index in [4.69, 9.17) is 4.74 Å². The third-order valence-corrected chi connectivity index (χ3v) is 9.94. The Labute approximate surface area is 246 Å². The normalized spacial score (nSPS) is 25.0. The van der Waals surface area contributed by atoms with Crippen LogP contribution in [0.25, 0.3) is 0 Å². The molecular formula is C30H36F3N3O5S. The van der Waals surface area contributed by atoms with Gasteiger partial charge < -0.3 is 19.6 Å². The van der Waals surface area contributed by atoms with Gasteiger partial charge in [-0.25, -0.2) is 4.98 Å². The van der Waals surface area contributed by atoms with Crippen LogP contribution < -0.4 is 0 Å². The van der Waals surface area contributed by atoms with Crippen LogP contribution in [-0.2, 0) is 21.3 Å². The van der Waals surface area contributed by atoms with Crippen LogP contribution in [0, 0.1) is 11.8 Å². The lowest BCUT2D eigenvalue weighted by Gasteiger charge is -2.36. The fraction of sp³-hybridized carbons (Fsp3) is 0.600. The number of likely N-dealkylation sites (tertiary alicyclic amines) is 1. The van der Waals surface area contributed by atoms with E-state index >= 15 is 0 Å². The molecule has 12 heteroatoms. The standard InChI is InChI=1S/C30H36F3N3O5S/c31-30(32,33)23-3-1-2-22(17-23)24(37)4-5-26(38)36-11-8-21(19-36)16-20-6-9-29(40,10-7-20)25-18-34-27(42-25)28(39)35-12-14-41-15-13-35/h1-3,17-18,20-21,40H,4-16,19H2/t20?,21-,29?/m1/s1. The molecule has 0 radical (unpaired) electrons. The first-order valence-corrected chi connectivity index (χ1v) is 15.4. The number of hydrogen-bond acceptors (Lipinski definition) is 7. The third kappa shape index (κ3) is 7.20. The number of halogens is 3. The zero-order valence-electron chi connectivity index (χ0n) is 23.4. The van der Waals surface area contributed by atoms with Gasteiger partial charge in [0.05, 0.1) is 23.7 Å². The summed E-state index contributed by atoms with van der Waals surface area (Å²) < 4.78 is 44.2. The van der Waals surface area contributed by atoms with Crippen molar-refractivity contribution in [1.29, 1.82) is 0 Å². The number of alkyl halides is 3. The molecule has 1 N–H and O–H groups in total. The largest absolute Gasteiger partial charge is 0.416 e. The molecule has 0 unspecified atom stereocenters. The summed E-state index contributed by atoms with van der Waals surface area (Å²) in [7, 11) is 0. The maximum atomic E-state index is 13.0. The Morgan fingerprint density at radius 1 is 1.02 bits per heavy atom. The zero-order valence-corrected chi connectivity index (χ0v) is 24.2. The van der Waals surface area contributed by atoms with E-state index in [9.17, 15) is 32.7 Å². The Hall–Kier alpha value is -2.83. The topological polar surface area (TPSA) is 100 Å². The average molecular weight is 608 g/mol. The van der Waals surface area contributed by atoms with E-state index in [1.807, 2.05) is 0 Å².